The van der Waals surface area contributed by atoms with Gasteiger partial charge >= 0.3 is 0 Å². The molecule has 1 spiro atoms. The highest BCUT2D eigenvalue weighted by atomic mass is 32.2. The Kier molecular flexibility index (Phi) is 8.02. The Morgan fingerprint density at radius 2 is 0.932 bits per heavy atom. The van der Waals surface area contributed by atoms with Crippen LogP contribution in [0.3, 0.4) is 0 Å². The van der Waals surface area contributed by atoms with Crippen LogP contribution in [0.25, 0.3) is 44.2 Å². The van der Waals surface area contributed by atoms with Crippen molar-refractivity contribution in [3.63, 3.8) is 0 Å². The van der Waals surface area contributed by atoms with Crippen molar-refractivity contribution >= 4 is 99.5 Å². The molecule has 0 radical (unpaired) electrons. The van der Waals surface area contributed by atoms with Crippen LogP contribution >= 0.6 is 11.8 Å². The zero-order valence-electron chi connectivity index (χ0n) is 32.2. The summed E-state index contributed by atoms with van der Waals surface area (Å²) in [6.07, 6.45) is 0. The molecule has 2 aliphatic heterocycles. The van der Waals surface area contributed by atoms with Crippen LogP contribution in [0, 0.1) is 0 Å². The van der Waals surface area contributed by atoms with Crippen LogP contribution in [0.5, 0.6) is 0 Å². The highest BCUT2D eigenvalue weighted by Crippen LogP contribution is 2.43. The zero-order valence-corrected chi connectivity index (χ0v) is 35.4. The van der Waals surface area contributed by atoms with Crippen molar-refractivity contribution < 1.29 is 4.42 Å². The minimum absolute atomic E-state index is 0.897. The molecule has 0 saturated heterocycles. The lowest BCUT2D eigenvalue weighted by atomic mass is 10.00. The summed E-state index contributed by atoms with van der Waals surface area (Å²) >= 11 is 1.93. The smallest absolute Gasteiger partial charge is 0.181 e. The number of para-hydroxylation sites is 1. The highest BCUT2D eigenvalue weighted by Gasteiger charge is 2.51. The van der Waals surface area contributed by atoms with Crippen molar-refractivity contribution in [3.05, 3.63) is 212 Å². The average molecular weight is 804 g/mol. The van der Waals surface area contributed by atoms with E-state index in [-0.39, 0.29) is 0 Å². The van der Waals surface area contributed by atoms with Crippen molar-refractivity contribution in [2.45, 2.75) is 9.79 Å². The van der Waals surface area contributed by atoms with E-state index in [0.717, 1.165) is 33.3 Å². The van der Waals surface area contributed by atoms with Crippen LogP contribution in [0.15, 0.2) is 227 Å². The first kappa shape index (κ1) is 34.4. The summed E-state index contributed by atoms with van der Waals surface area (Å²) in [6.45, 7) is 0. The minimum atomic E-state index is -2.73. The summed E-state index contributed by atoms with van der Waals surface area (Å²) in [5, 5.41) is 11.4. The minimum Gasteiger partial charge on any atom is -0.456 e. The van der Waals surface area contributed by atoms with E-state index in [9.17, 15) is 0 Å². The molecule has 0 unspecified atom stereocenters. The maximum absolute atomic E-state index is 6.55. The summed E-state index contributed by atoms with van der Waals surface area (Å²) in [6, 6.07) is 78.9. The number of rotatable bonds is 5. The van der Waals surface area contributed by atoms with Crippen LogP contribution in [-0.2, 0) is 0 Å². The van der Waals surface area contributed by atoms with E-state index in [0.29, 0.717) is 0 Å². The molecule has 0 atom stereocenters. The van der Waals surface area contributed by atoms with Gasteiger partial charge in [0.25, 0.3) is 0 Å². The Balaban J connectivity index is 1.10. The van der Waals surface area contributed by atoms with E-state index in [4.69, 9.17) is 4.42 Å². The number of hydrogen-bond acceptors (Lipinski definition) is 3. The van der Waals surface area contributed by atoms with Gasteiger partial charge in [-0.15, -0.1) is 0 Å². The molecule has 12 rings (SSSR count). The lowest BCUT2D eigenvalue weighted by Gasteiger charge is -2.45. The molecule has 2 nitrogen and oxygen atoms in total. The number of nitrogens with zero attached hydrogens (tertiary/aromatic N) is 1. The molecule has 0 N–H and O–H groups in total. The molecule has 9 aromatic carbocycles. The first-order valence-corrected chi connectivity index (χ1v) is 24.5. The Bertz CT molecular complexity index is 3170. The first-order valence-electron chi connectivity index (χ1n) is 20.3. The van der Waals surface area contributed by atoms with E-state index in [1.807, 2.05) is 11.8 Å². The SMILES string of the molecule is c1ccc(-c2ccc(-c3ccc(N(c4cccc5c4[SiH2]c4ccccc4[Si]54c5ccccc5Sc5ccccc54)c4cccc5oc6ccccc6c45)cc3)cc2)cc1. The Morgan fingerprint density at radius 3 is 1.66 bits per heavy atom. The number of benzene rings is 9. The standard InChI is InChI=1S/C54H37NOSSi2/c1-2-14-36(15-3-1)37-28-30-38(31-29-37)39-32-34-40(35-33-39)55(42-17-12-20-45-53(42)41-16-4-5-19-44(41)56-45)43-18-13-27-52-54(43)58-48-23-8-11-26-51(48)59(52)49-24-9-6-21-46(49)57-47-22-7-10-25-50(47)59/h1-35H,58H2. The highest BCUT2D eigenvalue weighted by molar-refractivity contribution is 8.00. The third-order valence-corrected chi connectivity index (χ3v) is 21.8. The maximum atomic E-state index is 6.55. The molecule has 278 valence electrons. The van der Waals surface area contributed by atoms with Gasteiger partial charge in [-0.2, -0.15) is 0 Å². The van der Waals surface area contributed by atoms with Crippen molar-refractivity contribution in [1.82, 2.24) is 0 Å². The molecule has 0 amide bonds. The summed E-state index contributed by atoms with van der Waals surface area (Å²) in [5.74, 6) is 0. The zero-order chi connectivity index (χ0) is 38.9. The number of anilines is 3. The fourth-order valence-corrected chi connectivity index (χ4v) is 21.0. The fraction of sp³-hybridized carbons (Fsp3) is 0. The number of hydrogen-bond donors (Lipinski definition) is 0. The average Bonchev–Trinajstić information content (AvgIpc) is 3.69. The van der Waals surface area contributed by atoms with Gasteiger partial charge in [-0.05, 0) is 96.7 Å². The molecule has 1 aromatic heterocycles. The van der Waals surface area contributed by atoms with Gasteiger partial charge in [0, 0.05) is 26.6 Å². The molecule has 0 aliphatic carbocycles. The van der Waals surface area contributed by atoms with Crippen LogP contribution in [0.1, 0.15) is 0 Å². The largest absolute Gasteiger partial charge is 0.456 e. The van der Waals surface area contributed by atoms with Gasteiger partial charge in [0.1, 0.15) is 11.2 Å². The van der Waals surface area contributed by atoms with E-state index in [1.165, 1.54) is 58.5 Å². The van der Waals surface area contributed by atoms with Crippen LogP contribution in [-0.4, -0.2) is 17.6 Å². The monoisotopic (exact) mass is 803 g/mol. The van der Waals surface area contributed by atoms with Gasteiger partial charge in [0.2, 0.25) is 0 Å². The van der Waals surface area contributed by atoms with Gasteiger partial charge in [0.15, 0.2) is 8.07 Å². The summed E-state index contributed by atoms with van der Waals surface area (Å²) in [7, 11) is -3.67. The van der Waals surface area contributed by atoms with Crippen LogP contribution in [0.4, 0.5) is 17.1 Å². The van der Waals surface area contributed by atoms with Crippen molar-refractivity contribution in [2.75, 3.05) is 4.90 Å². The molecule has 5 heteroatoms. The fourth-order valence-electron chi connectivity index (χ4n) is 9.91. The molecule has 2 aliphatic rings. The van der Waals surface area contributed by atoms with Gasteiger partial charge in [-0.3, -0.25) is 0 Å². The van der Waals surface area contributed by atoms with Crippen molar-refractivity contribution in [1.29, 1.82) is 0 Å². The predicted molar refractivity (Wildman–Crippen MR) is 255 cm³/mol. The summed E-state index contributed by atoms with van der Waals surface area (Å²) < 4.78 is 6.55. The molecule has 0 bridgehead atoms. The van der Waals surface area contributed by atoms with Crippen LogP contribution in [0.2, 0.25) is 0 Å². The van der Waals surface area contributed by atoms with Gasteiger partial charge < -0.3 is 9.32 Å². The molecular weight excluding hydrogens is 767 g/mol. The van der Waals surface area contributed by atoms with E-state index < -0.39 is 17.6 Å². The van der Waals surface area contributed by atoms with Crippen LogP contribution < -0.4 is 36.0 Å². The van der Waals surface area contributed by atoms with Gasteiger partial charge in [-0.25, -0.2) is 0 Å². The van der Waals surface area contributed by atoms with E-state index in [2.05, 4.69) is 217 Å². The van der Waals surface area contributed by atoms with Crippen molar-refractivity contribution in [2.24, 2.45) is 0 Å². The third kappa shape index (κ3) is 5.32. The van der Waals surface area contributed by atoms with Crippen molar-refractivity contribution in [3.8, 4) is 22.3 Å². The summed E-state index contributed by atoms with van der Waals surface area (Å²) in [4.78, 5) is 5.31. The van der Waals surface area contributed by atoms with Gasteiger partial charge in [-0.1, -0.05) is 181 Å². The molecule has 0 fully saturated rings. The van der Waals surface area contributed by atoms with E-state index in [1.54, 1.807) is 10.4 Å². The van der Waals surface area contributed by atoms with E-state index >= 15 is 0 Å². The maximum Gasteiger partial charge on any atom is 0.181 e. The lowest BCUT2D eigenvalue weighted by Crippen LogP contribution is -2.84. The lowest BCUT2D eigenvalue weighted by molar-refractivity contribution is 0.669. The second-order valence-electron chi connectivity index (χ2n) is 15.6. The number of fused-ring (bicyclic) bond motifs is 11. The first-order chi connectivity index (χ1) is 29.3. The topological polar surface area (TPSA) is 16.4 Å². The molecular formula is C54H37NOSSi2. The molecule has 3 heterocycles. The quantitative estimate of drug-likeness (QED) is 0.161. The Labute approximate surface area is 351 Å². The molecule has 0 saturated carbocycles. The Hall–Kier alpha value is -6.64. The normalized spacial score (nSPS) is 13.8. The third-order valence-electron chi connectivity index (χ3n) is 12.5. The number of furan rings is 1. The second-order valence-corrected chi connectivity index (χ2v) is 22.1. The molecule has 59 heavy (non-hydrogen) atoms. The predicted octanol–water partition coefficient (Wildman–Crippen LogP) is 9.66. The second kappa shape index (κ2) is 13.7. The molecule has 10 aromatic rings. The summed E-state index contributed by atoms with van der Waals surface area (Å²) in [5.41, 5.74) is 10.2. The van der Waals surface area contributed by atoms with Gasteiger partial charge in [0.05, 0.1) is 20.6 Å². The Morgan fingerprint density at radius 1 is 0.407 bits per heavy atom.